The number of rotatable bonds is 2. The van der Waals surface area contributed by atoms with Crippen LogP contribution in [0.4, 0.5) is 11.5 Å². The van der Waals surface area contributed by atoms with Gasteiger partial charge in [0, 0.05) is 0 Å². The molecular formula is C9H13N3O2. The molecule has 0 saturated heterocycles. The highest BCUT2D eigenvalue weighted by molar-refractivity contribution is 5.95. The summed E-state index contributed by atoms with van der Waals surface area (Å²) in [4.78, 5) is 15.2. The highest BCUT2D eigenvalue weighted by atomic mass is 16.5. The van der Waals surface area contributed by atoms with Crippen molar-refractivity contribution in [2.24, 2.45) is 0 Å². The number of esters is 1. The maximum atomic E-state index is 11.4. The first-order chi connectivity index (χ1) is 6.50. The number of aromatic nitrogens is 1. The van der Waals surface area contributed by atoms with Gasteiger partial charge in [0.1, 0.15) is 5.82 Å². The fourth-order valence-electron chi connectivity index (χ4n) is 0.936. The van der Waals surface area contributed by atoms with Crippen LogP contribution in [0.25, 0.3) is 0 Å². The fourth-order valence-corrected chi connectivity index (χ4v) is 0.936. The van der Waals surface area contributed by atoms with E-state index in [4.69, 9.17) is 16.2 Å². The molecule has 4 N–H and O–H groups in total. The van der Waals surface area contributed by atoms with Gasteiger partial charge < -0.3 is 16.2 Å². The summed E-state index contributed by atoms with van der Waals surface area (Å²) in [5.41, 5.74) is 11.5. The normalized spacial score (nSPS) is 10.2. The molecule has 0 saturated carbocycles. The average molecular weight is 195 g/mol. The van der Waals surface area contributed by atoms with Crippen LogP contribution >= 0.6 is 0 Å². The highest BCUT2D eigenvalue weighted by Crippen LogP contribution is 2.14. The number of hydrogen-bond acceptors (Lipinski definition) is 5. The minimum Gasteiger partial charge on any atom is -0.459 e. The van der Waals surface area contributed by atoms with Gasteiger partial charge in [-0.15, -0.1) is 0 Å². The van der Waals surface area contributed by atoms with Crippen LogP contribution in [-0.4, -0.2) is 17.1 Å². The van der Waals surface area contributed by atoms with Crippen molar-refractivity contribution in [2.75, 3.05) is 11.5 Å². The van der Waals surface area contributed by atoms with Crippen LogP contribution in [0, 0.1) is 0 Å². The second-order valence-electron chi connectivity index (χ2n) is 3.15. The molecule has 0 atom stereocenters. The number of nitrogens with zero attached hydrogens (tertiary/aromatic N) is 1. The number of nitrogens with two attached hydrogens (primary N) is 2. The molecule has 14 heavy (non-hydrogen) atoms. The molecule has 0 aliphatic heterocycles. The molecule has 1 aromatic heterocycles. The molecular weight excluding hydrogens is 182 g/mol. The predicted octanol–water partition coefficient (Wildman–Crippen LogP) is 0.811. The Morgan fingerprint density at radius 2 is 2.14 bits per heavy atom. The number of anilines is 2. The summed E-state index contributed by atoms with van der Waals surface area (Å²) in [5.74, 6) is -0.235. The molecule has 0 spiro atoms. The zero-order chi connectivity index (χ0) is 10.7. The van der Waals surface area contributed by atoms with Gasteiger partial charge in [-0.25, -0.2) is 9.78 Å². The minimum absolute atomic E-state index is 0.184. The van der Waals surface area contributed by atoms with Crippen molar-refractivity contribution in [3.8, 4) is 0 Å². The molecule has 76 valence electrons. The molecule has 5 nitrogen and oxygen atoms in total. The molecule has 0 fully saturated rings. The fraction of sp³-hybridized carbons (Fsp3) is 0.333. The zero-order valence-corrected chi connectivity index (χ0v) is 8.15. The van der Waals surface area contributed by atoms with Crippen molar-refractivity contribution in [1.82, 2.24) is 4.98 Å². The maximum Gasteiger partial charge on any atom is 0.340 e. The van der Waals surface area contributed by atoms with Crippen molar-refractivity contribution in [1.29, 1.82) is 0 Å². The number of ether oxygens (including phenoxy) is 1. The Morgan fingerprint density at radius 3 is 2.71 bits per heavy atom. The Labute approximate surface area is 82.1 Å². The molecule has 0 radical (unpaired) electrons. The van der Waals surface area contributed by atoms with Gasteiger partial charge in [0.05, 0.1) is 23.6 Å². The molecule has 1 rings (SSSR count). The lowest BCUT2D eigenvalue weighted by Gasteiger charge is -2.09. The van der Waals surface area contributed by atoms with Crippen molar-refractivity contribution < 1.29 is 9.53 Å². The molecule has 0 amide bonds. The van der Waals surface area contributed by atoms with Crippen LogP contribution in [0.15, 0.2) is 12.3 Å². The zero-order valence-electron chi connectivity index (χ0n) is 8.15. The number of carbonyl (C=O) groups is 1. The van der Waals surface area contributed by atoms with Gasteiger partial charge in [-0.05, 0) is 19.9 Å². The van der Waals surface area contributed by atoms with Crippen LogP contribution in [0.2, 0.25) is 0 Å². The van der Waals surface area contributed by atoms with Gasteiger partial charge in [0.2, 0.25) is 0 Å². The number of nitrogen functional groups attached to an aromatic ring is 2. The maximum absolute atomic E-state index is 11.4. The topological polar surface area (TPSA) is 91.2 Å². The summed E-state index contributed by atoms with van der Waals surface area (Å²) in [5, 5.41) is 0. The van der Waals surface area contributed by atoms with Crippen LogP contribution < -0.4 is 11.5 Å². The van der Waals surface area contributed by atoms with E-state index in [0.717, 1.165) is 0 Å². The SMILES string of the molecule is CC(C)OC(=O)c1cc(N)ncc1N. The average Bonchev–Trinajstić information content (AvgIpc) is 2.08. The van der Waals surface area contributed by atoms with E-state index < -0.39 is 5.97 Å². The lowest BCUT2D eigenvalue weighted by atomic mass is 10.2. The third kappa shape index (κ3) is 2.35. The van der Waals surface area contributed by atoms with Crippen molar-refractivity contribution >= 4 is 17.5 Å². The summed E-state index contributed by atoms with van der Waals surface area (Å²) in [7, 11) is 0. The molecule has 0 aliphatic carbocycles. The van der Waals surface area contributed by atoms with E-state index in [0.29, 0.717) is 0 Å². The predicted molar refractivity (Wildman–Crippen MR) is 53.6 cm³/mol. The highest BCUT2D eigenvalue weighted by Gasteiger charge is 2.13. The quantitative estimate of drug-likeness (QED) is 0.681. The van der Waals surface area contributed by atoms with Gasteiger partial charge >= 0.3 is 5.97 Å². The molecule has 5 heteroatoms. The first kappa shape index (κ1) is 10.3. The summed E-state index contributed by atoms with van der Waals surface area (Å²) in [6.45, 7) is 3.53. The lowest BCUT2D eigenvalue weighted by molar-refractivity contribution is 0.0379. The van der Waals surface area contributed by atoms with Crippen LogP contribution in [-0.2, 0) is 4.74 Å². The first-order valence-corrected chi connectivity index (χ1v) is 4.22. The summed E-state index contributed by atoms with van der Waals surface area (Å²) < 4.78 is 4.97. The molecule has 0 bridgehead atoms. The Kier molecular flexibility index (Phi) is 2.91. The third-order valence-electron chi connectivity index (χ3n) is 1.52. The van der Waals surface area contributed by atoms with Crippen LogP contribution in [0.3, 0.4) is 0 Å². The number of carbonyl (C=O) groups excluding carboxylic acids is 1. The van der Waals surface area contributed by atoms with E-state index in [-0.39, 0.29) is 23.2 Å². The molecule has 0 unspecified atom stereocenters. The summed E-state index contributed by atoms with van der Waals surface area (Å²) >= 11 is 0. The molecule has 1 aromatic rings. The lowest BCUT2D eigenvalue weighted by Crippen LogP contribution is -2.14. The van der Waals surface area contributed by atoms with Crippen molar-refractivity contribution in [3.63, 3.8) is 0 Å². The largest absolute Gasteiger partial charge is 0.459 e. The second-order valence-corrected chi connectivity index (χ2v) is 3.15. The summed E-state index contributed by atoms with van der Waals surface area (Å²) in [6.07, 6.45) is 1.16. The monoisotopic (exact) mass is 195 g/mol. The van der Waals surface area contributed by atoms with E-state index in [1.54, 1.807) is 13.8 Å². The van der Waals surface area contributed by atoms with E-state index >= 15 is 0 Å². The number of hydrogen-bond donors (Lipinski definition) is 2. The van der Waals surface area contributed by atoms with Crippen molar-refractivity contribution in [2.45, 2.75) is 20.0 Å². The van der Waals surface area contributed by atoms with Gasteiger partial charge in [0.25, 0.3) is 0 Å². The Morgan fingerprint density at radius 1 is 1.50 bits per heavy atom. The van der Waals surface area contributed by atoms with Crippen molar-refractivity contribution in [3.05, 3.63) is 17.8 Å². The van der Waals surface area contributed by atoms with Gasteiger partial charge in [-0.3, -0.25) is 0 Å². The Balaban J connectivity index is 2.94. The first-order valence-electron chi connectivity index (χ1n) is 4.22. The van der Waals surface area contributed by atoms with Crippen LogP contribution in [0.5, 0.6) is 0 Å². The standard InChI is InChI=1S/C9H13N3O2/c1-5(2)14-9(13)6-3-8(11)12-4-7(6)10/h3-5H,10H2,1-2H3,(H2,11,12). The minimum atomic E-state index is -0.480. The van der Waals surface area contributed by atoms with Gasteiger partial charge in [-0.2, -0.15) is 0 Å². The van der Waals surface area contributed by atoms with E-state index in [1.165, 1.54) is 12.3 Å². The van der Waals surface area contributed by atoms with Gasteiger partial charge in [-0.1, -0.05) is 0 Å². The van der Waals surface area contributed by atoms with Crippen LogP contribution in [0.1, 0.15) is 24.2 Å². The molecule has 0 aliphatic rings. The van der Waals surface area contributed by atoms with E-state index in [2.05, 4.69) is 4.98 Å². The molecule has 1 heterocycles. The van der Waals surface area contributed by atoms with E-state index in [1.807, 2.05) is 0 Å². The van der Waals surface area contributed by atoms with E-state index in [9.17, 15) is 4.79 Å². The third-order valence-corrected chi connectivity index (χ3v) is 1.52. The smallest absolute Gasteiger partial charge is 0.340 e. The van der Waals surface area contributed by atoms with Gasteiger partial charge in [0.15, 0.2) is 0 Å². The Hall–Kier alpha value is -1.78. The second kappa shape index (κ2) is 3.95. The number of pyridine rings is 1. The molecule has 0 aromatic carbocycles. The summed E-state index contributed by atoms with van der Waals surface area (Å²) in [6, 6.07) is 1.40. The Bertz CT molecular complexity index is 350.